The van der Waals surface area contributed by atoms with Gasteiger partial charge in [0.1, 0.15) is 17.9 Å². The molecule has 0 radical (unpaired) electrons. The Hall–Kier alpha value is -2.34. The molecule has 132 valence electrons. The van der Waals surface area contributed by atoms with Crippen molar-refractivity contribution in [2.24, 2.45) is 0 Å². The summed E-state index contributed by atoms with van der Waals surface area (Å²) in [6, 6.07) is 0. The van der Waals surface area contributed by atoms with E-state index in [1.165, 1.54) is 0 Å². The van der Waals surface area contributed by atoms with Gasteiger partial charge in [-0.1, -0.05) is 18.2 Å². The maximum absolute atomic E-state index is 11.9. The second-order valence-corrected chi connectivity index (χ2v) is 5.74. The van der Waals surface area contributed by atoms with E-state index in [2.05, 4.69) is 6.58 Å². The third-order valence-corrected chi connectivity index (χ3v) is 3.73. The van der Waals surface area contributed by atoms with Gasteiger partial charge in [-0.25, -0.2) is 4.79 Å². The Labute approximate surface area is 141 Å². The zero-order valence-corrected chi connectivity index (χ0v) is 14.3. The van der Waals surface area contributed by atoms with Crippen LogP contribution < -0.4 is 0 Å². The van der Waals surface area contributed by atoms with E-state index in [1.54, 1.807) is 13.2 Å². The number of rotatable bonds is 8. The fraction of sp³-hybridized carbons (Fsp3) is 0.444. The smallest absolute Gasteiger partial charge is 0.342 e. The Kier molecular flexibility index (Phi) is 7.45. The van der Waals surface area contributed by atoms with Crippen molar-refractivity contribution < 1.29 is 29.3 Å². The summed E-state index contributed by atoms with van der Waals surface area (Å²) in [5.74, 6) is -1.63. The highest BCUT2D eigenvalue weighted by molar-refractivity contribution is 5.97. The molecule has 1 heterocycles. The standard InChI is InChI=1S/C18H24O6/c1-11(6-8-15(19)20)5-7-12(2)17(21)16-14(10-24-18(16)22)13(3)9-23-4/h5,21H,2,6-10H2,1,3-4H3,(H,19,20)/b11-5+,14-13-,17-16-. The van der Waals surface area contributed by atoms with Gasteiger partial charge < -0.3 is 19.7 Å². The monoisotopic (exact) mass is 336 g/mol. The molecule has 0 aromatic heterocycles. The molecule has 0 aromatic rings. The predicted octanol–water partition coefficient (Wildman–Crippen LogP) is 3.08. The number of cyclic esters (lactones) is 1. The van der Waals surface area contributed by atoms with Crippen molar-refractivity contribution in [1.82, 2.24) is 0 Å². The minimum absolute atomic E-state index is 0.0529. The van der Waals surface area contributed by atoms with Crippen molar-refractivity contribution in [3.8, 4) is 0 Å². The van der Waals surface area contributed by atoms with Crippen molar-refractivity contribution in [3.63, 3.8) is 0 Å². The Morgan fingerprint density at radius 3 is 2.58 bits per heavy atom. The molecule has 0 aliphatic carbocycles. The van der Waals surface area contributed by atoms with Gasteiger partial charge in [-0.05, 0) is 37.8 Å². The number of carboxylic acids is 1. The first-order valence-corrected chi connectivity index (χ1v) is 7.61. The molecule has 6 heteroatoms. The molecule has 0 atom stereocenters. The van der Waals surface area contributed by atoms with Crippen LogP contribution in [0.15, 0.2) is 46.3 Å². The lowest BCUT2D eigenvalue weighted by Crippen LogP contribution is -2.05. The summed E-state index contributed by atoms with van der Waals surface area (Å²) in [7, 11) is 1.55. The molecule has 0 amide bonds. The summed E-state index contributed by atoms with van der Waals surface area (Å²) in [6.07, 6.45) is 2.61. The molecule has 2 N–H and O–H groups in total. The van der Waals surface area contributed by atoms with Crippen LogP contribution in [0.2, 0.25) is 0 Å². The Balaban J connectivity index is 2.93. The fourth-order valence-corrected chi connectivity index (χ4v) is 2.26. The predicted molar refractivity (Wildman–Crippen MR) is 89.6 cm³/mol. The number of hydrogen-bond acceptors (Lipinski definition) is 5. The zero-order chi connectivity index (χ0) is 18.3. The van der Waals surface area contributed by atoms with E-state index in [0.29, 0.717) is 30.6 Å². The van der Waals surface area contributed by atoms with E-state index in [9.17, 15) is 14.7 Å². The van der Waals surface area contributed by atoms with Crippen LogP contribution in [0, 0.1) is 0 Å². The van der Waals surface area contributed by atoms with Gasteiger partial charge in [0.15, 0.2) is 0 Å². The van der Waals surface area contributed by atoms with Gasteiger partial charge >= 0.3 is 11.9 Å². The molecular formula is C18H24O6. The average Bonchev–Trinajstić information content (AvgIpc) is 2.91. The van der Waals surface area contributed by atoms with Crippen LogP contribution in [0.25, 0.3) is 0 Å². The van der Waals surface area contributed by atoms with Crippen molar-refractivity contribution in [2.45, 2.75) is 33.1 Å². The number of esters is 1. The van der Waals surface area contributed by atoms with Gasteiger partial charge in [0.05, 0.1) is 6.61 Å². The van der Waals surface area contributed by atoms with E-state index >= 15 is 0 Å². The van der Waals surface area contributed by atoms with Crippen molar-refractivity contribution >= 4 is 11.9 Å². The third kappa shape index (κ3) is 5.38. The van der Waals surface area contributed by atoms with Crippen LogP contribution in [-0.4, -0.2) is 42.5 Å². The van der Waals surface area contributed by atoms with E-state index in [0.717, 1.165) is 11.1 Å². The van der Waals surface area contributed by atoms with Crippen molar-refractivity contribution in [1.29, 1.82) is 0 Å². The zero-order valence-electron chi connectivity index (χ0n) is 14.3. The number of aliphatic hydroxyl groups is 1. The summed E-state index contributed by atoms with van der Waals surface area (Å²) in [5, 5.41) is 19.1. The molecule has 1 fully saturated rings. The molecule has 1 aliphatic heterocycles. The van der Waals surface area contributed by atoms with E-state index in [-0.39, 0.29) is 24.4 Å². The van der Waals surface area contributed by atoms with Gasteiger partial charge in [-0.15, -0.1) is 0 Å². The number of carboxylic acid groups (broad SMARTS) is 1. The Morgan fingerprint density at radius 1 is 1.33 bits per heavy atom. The van der Waals surface area contributed by atoms with Crippen LogP contribution in [0.4, 0.5) is 0 Å². The molecule has 1 aliphatic rings. The minimum atomic E-state index is -0.858. The number of methoxy groups -OCH3 is 1. The van der Waals surface area contributed by atoms with Crippen LogP contribution in [0.3, 0.4) is 0 Å². The molecule has 1 saturated heterocycles. The summed E-state index contributed by atoms with van der Waals surface area (Å²) >= 11 is 0. The normalized spacial score (nSPS) is 19.1. The first-order valence-electron chi connectivity index (χ1n) is 7.61. The van der Waals surface area contributed by atoms with Gasteiger partial charge in [-0.2, -0.15) is 0 Å². The van der Waals surface area contributed by atoms with Gasteiger partial charge in [-0.3, -0.25) is 4.79 Å². The van der Waals surface area contributed by atoms with Crippen molar-refractivity contribution in [3.05, 3.63) is 46.3 Å². The molecular weight excluding hydrogens is 312 g/mol. The average molecular weight is 336 g/mol. The number of aliphatic carboxylic acids is 1. The number of aliphatic hydroxyl groups excluding tert-OH is 1. The number of carbonyl (C=O) groups is 2. The topological polar surface area (TPSA) is 93.1 Å². The van der Waals surface area contributed by atoms with Crippen molar-refractivity contribution in [2.75, 3.05) is 20.3 Å². The van der Waals surface area contributed by atoms with Crippen LogP contribution in [0.1, 0.15) is 33.1 Å². The Morgan fingerprint density at radius 2 is 2.00 bits per heavy atom. The van der Waals surface area contributed by atoms with E-state index in [4.69, 9.17) is 14.6 Å². The molecule has 1 rings (SSSR count). The van der Waals surface area contributed by atoms with Gasteiger partial charge in [0, 0.05) is 19.1 Å². The highest BCUT2D eigenvalue weighted by atomic mass is 16.5. The third-order valence-electron chi connectivity index (χ3n) is 3.73. The summed E-state index contributed by atoms with van der Waals surface area (Å²) in [6.45, 7) is 7.88. The summed E-state index contributed by atoms with van der Waals surface area (Å²) < 4.78 is 10.1. The number of hydrogen-bond donors (Lipinski definition) is 2. The highest BCUT2D eigenvalue weighted by Gasteiger charge is 2.30. The maximum Gasteiger partial charge on any atom is 0.342 e. The molecule has 0 saturated carbocycles. The first kappa shape index (κ1) is 19.7. The van der Waals surface area contributed by atoms with E-state index < -0.39 is 11.9 Å². The molecule has 24 heavy (non-hydrogen) atoms. The van der Waals surface area contributed by atoms with Crippen LogP contribution in [-0.2, 0) is 19.1 Å². The fourth-order valence-electron chi connectivity index (χ4n) is 2.26. The molecule has 0 aromatic carbocycles. The molecule has 0 bridgehead atoms. The minimum Gasteiger partial charge on any atom is -0.507 e. The molecule has 0 unspecified atom stereocenters. The van der Waals surface area contributed by atoms with Crippen LogP contribution >= 0.6 is 0 Å². The second-order valence-electron chi connectivity index (χ2n) is 5.74. The number of carbonyl (C=O) groups excluding carboxylic acids is 1. The Bertz CT molecular complexity index is 621. The lowest BCUT2D eigenvalue weighted by atomic mass is 9.98. The lowest BCUT2D eigenvalue weighted by molar-refractivity contribution is -0.137. The number of allylic oxidation sites excluding steroid dienone is 3. The molecule has 0 spiro atoms. The summed E-state index contributed by atoms with van der Waals surface area (Å²) in [5.41, 5.74) is 2.82. The quantitative estimate of drug-likeness (QED) is 0.306. The number of ether oxygens (including phenoxy) is 2. The highest BCUT2D eigenvalue weighted by Crippen LogP contribution is 2.29. The molecule has 6 nitrogen and oxygen atoms in total. The summed E-state index contributed by atoms with van der Waals surface area (Å²) in [4.78, 5) is 22.5. The van der Waals surface area contributed by atoms with Crippen LogP contribution in [0.5, 0.6) is 0 Å². The largest absolute Gasteiger partial charge is 0.507 e. The SMILES string of the molecule is C=C(C/C=C(\C)CCC(=O)O)/C(O)=C1/C(=O)OC/C1=C(\C)COC. The maximum atomic E-state index is 11.9. The van der Waals surface area contributed by atoms with Gasteiger partial charge in [0.2, 0.25) is 0 Å². The lowest BCUT2D eigenvalue weighted by Gasteiger charge is -2.08. The van der Waals surface area contributed by atoms with E-state index in [1.807, 2.05) is 13.8 Å². The second kappa shape index (κ2) is 9.08. The first-order chi connectivity index (χ1) is 11.3. The van der Waals surface area contributed by atoms with Gasteiger partial charge in [0.25, 0.3) is 0 Å².